The highest BCUT2D eigenvalue weighted by Gasteiger charge is 2.50. The largest absolute Gasteiger partial charge is 0.457 e. The highest BCUT2D eigenvalue weighted by atomic mass is 79.9. The summed E-state index contributed by atoms with van der Waals surface area (Å²) in [6, 6.07) is 14.3. The molecule has 0 saturated carbocycles. The number of hydrogen-bond acceptors (Lipinski definition) is 13. The minimum absolute atomic E-state index is 0.00818. The maximum atomic E-state index is 14.7. The molecular formula is C45H53BrF2N8O10. The van der Waals surface area contributed by atoms with Crippen molar-refractivity contribution < 1.29 is 51.8 Å². The van der Waals surface area contributed by atoms with Crippen LogP contribution in [0.2, 0.25) is 0 Å². The Balaban J connectivity index is 0.000000385. The number of amides is 4. The van der Waals surface area contributed by atoms with Crippen molar-refractivity contribution >= 4 is 68.8 Å². The van der Waals surface area contributed by atoms with Gasteiger partial charge in [0.1, 0.15) is 19.5 Å². The SMILES string of the molecule is CC(C)C(N)C(=O)N[C@H](C=O)CCCNC(N)=O.CC[C@@]1(OC(=O)CCC(F)(F)CNC(=O)OCc2ccc(NC)cc2)C(=O)OCc2c1cc1n(c2=O)Cc2cc3c(Br)cccc3nc2-1. The maximum Gasteiger partial charge on any atom is 0.407 e. The molecule has 6 rings (SSSR count). The number of nitrogens with zero attached hydrogens (tertiary/aromatic N) is 2. The van der Waals surface area contributed by atoms with Crippen LogP contribution in [0, 0.1) is 5.92 Å². The number of anilines is 1. The predicted molar refractivity (Wildman–Crippen MR) is 242 cm³/mol. The number of fused-ring (bicyclic) bond motifs is 5. The molecule has 0 bridgehead atoms. The number of carbonyl (C=O) groups is 6. The maximum absolute atomic E-state index is 14.7. The van der Waals surface area contributed by atoms with Crippen LogP contribution in [-0.4, -0.2) is 84.0 Å². The van der Waals surface area contributed by atoms with Gasteiger partial charge in [0.2, 0.25) is 11.5 Å². The fourth-order valence-corrected chi connectivity index (χ4v) is 7.67. The Morgan fingerprint density at radius 3 is 2.47 bits per heavy atom. The number of hydrogen-bond donors (Lipinski definition) is 6. The highest BCUT2D eigenvalue weighted by molar-refractivity contribution is 9.10. The molecule has 0 aliphatic carbocycles. The average Bonchev–Trinajstić information content (AvgIpc) is 3.66. The number of aldehydes is 1. The topological polar surface area (TPSA) is 265 Å². The van der Waals surface area contributed by atoms with Crippen LogP contribution in [-0.2, 0) is 58.7 Å². The van der Waals surface area contributed by atoms with Crippen molar-refractivity contribution in [1.29, 1.82) is 0 Å². The number of benzene rings is 2. The number of aromatic nitrogens is 2. The van der Waals surface area contributed by atoms with E-state index in [1.165, 1.54) is 4.57 Å². The van der Waals surface area contributed by atoms with E-state index in [1.807, 2.05) is 43.4 Å². The van der Waals surface area contributed by atoms with Gasteiger partial charge in [-0.25, -0.2) is 28.1 Å². The third-order valence-corrected chi connectivity index (χ3v) is 11.7. The van der Waals surface area contributed by atoms with Crippen LogP contribution < -0.4 is 38.3 Å². The Kier molecular flexibility index (Phi) is 16.9. The lowest BCUT2D eigenvalue weighted by atomic mass is 9.85. The smallest absolute Gasteiger partial charge is 0.407 e. The molecule has 21 heteroatoms. The van der Waals surface area contributed by atoms with Crippen molar-refractivity contribution in [2.75, 3.05) is 25.5 Å². The highest BCUT2D eigenvalue weighted by Crippen LogP contribution is 2.42. The van der Waals surface area contributed by atoms with Crippen LogP contribution in [0.1, 0.15) is 75.1 Å². The molecule has 8 N–H and O–H groups in total. The summed E-state index contributed by atoms with van der Waals surface area (Å²) in [7, 11) is 1.76. The molecule has 0 saturated heterocycles. The van der Waals surface area contributed by atoms with Crippen LogP contribution in [0.15, 0.2) is 63.9 Å². The standard InChI is InChI=1S/C34H31BrF2N4O7.C11H22N4O3/c1-3-34(48-28(42)11-12-33(36,37)18-39-32(45)47-16-19-7-9-21(38-2)10-8-19)24-14-27-29-20(13-22-25(35)5-4-6-26(22)40-29)15-41(27)30(43)23(24)17-46-31(34)44;1-7(2)9(12)10(17)15-8(6-16)4-3-5-14-11(13)18/h4-10,13-14,38H,3,11-12,15-18H2,1-2H3,(H,39,45);6-9H,3-5,12H2,1-2H3,(H,15,17)(H3,13,14,18)/t34-;8-,9?/m00/s1. The second kappa shape index (κ2) is 22.1. The zero-order chi connectivity index (χ0) is 48.3. The number of ether oxygens (including phenoxy) is 3. The molecule has 1 unspecified atom stereocenters. The number of halogens is 3. The molecule has 18 nitrogen and oxygen atoms in total. The molecule has 2 aromatic heterocycles. The zero-order valence-electron chi connectivity index (χ0n) is 36.8. The average molecular weight is 984 g/mol. The lowest BCUT2D eigenvalue weighted by molar-refractivity contribution is -0.190. The molecule has 4 aromatic rings. The Morgan fingerprint density at radius 2 is 1.82 bits per heavy atom. The van der Waals surface area contributed by atoms with Gasteiger partial charge >= 0.3 is 24.1 Å². The van der Waals surface area contributed by atoms with E-state index in [9.17, 15) is 42.3 Å². The summed E-state index contributed by atoms with van der Waals surface area (Å²) in [4.78, 5) is 89.6. The molecular weight excluding hydrogens is 930 g/mol. The molecule has 2 aliphatic rings. The first-order valence-electron chi connectivity index (χ1n) is 21.2. The van der Waals surface area contributed by atoms with Crippen LogP contribution in [0.25, 0.3) is 22.3 Å². The normalized spacial score (nSPS) is 15.7. The van der Waals surface area contributed by atoms with Crippen molar-refractivity contribution in [3.63, 3.8) is 0 Å². The minimum atomic E-state index is -3.50. The number of rotatable bonds is 18. The fourth-order valence-electron chi connectivity index (χ4n) is 7.20. The fraction of sp³-hybridized carbons (Fsp3) is 0.422. The van der Waals surface area contributed by atoms with Gasteiger partial charge in [0.25, 0.3) is 11.5 Å². The zero-order valence-corrected chi connectivity index (χ0v) is 38.4. The van der Waals surface area contributed by atoms with Crippen molar-refractivity contribution in [3.05, 3.63) is 91.7 Å². The van der Waals surface area contributed by atoms with E-state index in [2.05, 4.69) is 31.9 Å². The Hall–Kier alpha value is -6.48. The van der Waals surface area contributed by atoms with Crippen LogP contribution in [0.4, 0.5) is 24.1 Å². The number of nitrogens with two attached hydrogens (primary N) is 2. The van der Waals surface area contributed by atoms with Crippen molar-refractivity contribution in [2.24, 2.45) is 17.4 Å². The van der Waals surface area contributed by atoms with Gasteiger partial charge in [0, 0.05) is 46.7 Å². The van der Waals surface area contributed by atoms with Gasteiger partial charge < -0.3 is 56.3 Å². The summed E-state index contributed by atoms with van der Waals surface area (Å²) < 4.78 is 47.8. The number of cyclic esters (lactones) is 1. The van der Waals surface area contributed by atoms with E-state index in [1.54, 1.807) is 44.3 Å². The van der Waals surface area contributed by atoms with Crippen LogP contribution in [0.5, 0.6) is 0 Å². The van der Waals surface area contributed by atoms with Gasteiger partial charge in [0.05, 0.1) is 54.1 Å². The van der Waals surface area contributed by atoms with Crippen molar-refractivity contribution in [1.82, 2.24) is 25.5 Å². The van der Waals surface area contributed by atoms with E-state index in [0.29, 0.717) is 48.1 Å². The summed E-state index contributed by atoms with van der Waals surface area (Å²) in [5.41, 5.74) is 12.4. The summed E-state index contributed by atoms with van der Waals surface area (Å²) >= 11 is 3.54. The summed E-state index contributed by atoms with van der Waals surface area (Å²) in [5.74, 6) is -5.83. The van der Waals surface area contributed by atoms with Crippen molar-refractivity contribution in [2.45, 2.75) is 96.2 Å². The molecule has 0 spiro atoms. The number of urea groups is 1. The second-order valence-electron chi connectivity index (χ2n) is 16.0. The molecule has 2 aliphatic heterocycles. The van der Waals surface area contributed by atoms with Gasteiger partial charge in [-0.3, -0.25) is 14.4 Å². The predicted octanol–water partition coefficient (Wildman–Crippen LogP) is 4.88. The number of alkyl halides is 2. The number of carbonyl (C=O) groups excluding carboxylic acids is 6. The molecule has 2 aromatic carbocycles. The Bertz CT molecular complexity index is 2520. The first-order chi connectivity index (χ1) is 31.3. The number of primary amides is 1. The quantitative estimate of drug-likeness (QED) is 0.0296. The summed E-state index contributed by atoms with van der Waals surface area (Å²) in [6.07, 6.45) is -1.27. The van der Waals surface area contributed by atoms with E-state index in [0.717, 1.165) is 21.1 Å². The first-order valence-corrected chi connectivity index (χ1v) is 22.0. The third kappa shape index (κ3) is 12.2. The molecule has 4 heterocycles. The number of pyridine rings is 2. The van der Waals surface area contributed by atoms with Gasteiger partial charge in [-0.15, -0.1) is 0 Å². The summed E-state index contributed by atoms with van der Waals surface area (Å²) in [6.45, 7) is 4.32. The van der Waals surface area contributed by atoms with E-state index in [4.69, 9.17) is 30.7 Å². The minimum Gasteiger partial charge on any atom is -0.457 e. The van der Waals surface area contributed by atoms with E-state index in [-0.39, 0.29) is 49.1 Å². The molecule has 4 amide bonds. The Labute approximate surface area is 387 Å². The van der Waals surface area contributed by atoms with E-state index >= 15 is 0 Å². The third-order valence-electron chi connectivity index (χ3n) is 11.1. The monoisotopic (exact) mass is 982 g/mol. The lowest BCUT2D eigenvalue weighted by Crippen LogP contribution is -2.48. The van der Waals surface area contributed by atoms with Gasteiger partial charge in [0.15, 0.2) is 0 Å². The first kappa shape index (κ1) is 50.5. The molecule has 354 valence electrons. The van der Waals surface area contributed by atoms with Crippen molar-refractivity contribution in [3.8, 4) is 11.4 Å². The summed E-state index contributed by atoms with van der Waals surface area (Å²) in [5, 5.41) is 10.8. The molecule has 0 fully saturated rings. The van der Waals surface area contributed by atoms with Crippen LogP contribution >= 0.6 is 15.9 Å². The Morgan fingerprint density at radius 1 is 1.09 bits per heavy atom. The molecule has 66 heavy (non-hydrogen) atoms. The molecule has 0 radical (unpaired) electrons. The molecule has 3 atom stereocenters. The van der Waals surface area contributed by atoms with Gasteiger partial charge in [-0.2, -0.15) is 0 Å². The number of nitrogens with one attached hydrogen (secondary N) is 4. The number of alkyl carbamates (subject to hydrolysis) is 1. The lowest BCUT2D eigenvalue weighted by Gasteiger charge is -2.35. The van der Waals surface area contributed by atoms with Gasteiger partial charge in [-0.05, 0) is 67.1 Å². The number of esters is 2. The second-order valence-corrected chi connectivity index (χ2v) is 16.9. The van der Waals surface area contributed by atoms with Crippen LogP contribution in [0.3, 0.4) is 0 Å². The van der Waals surface area contributed by atoms with Gasteiger partial charge in [-0.1, -0.05) is 54.9 Å². The van der Waals surface area contributed by atoms with E-state index < -0.39 is 72.6 Å².